The maximum atomic E-state index is 12.0. The van der Waals surface area contributed by atoms with Gasteiger partial charge < -0.3 is 15.8 Å². The van der Waals surface area contributed by atoms with E-state index < -0.39 is 5.91 Å². The molecule has 0 heterocycles. The summed E-state index contributed by atoms with van der Waals surface area (Å²) < 4.78 is 5.36. The lowest BCUT2D eigenvalue weighted by molar-refractivity contribution is 0.1000. The van der Waals surface area contributed by atoms with Crippen LogP contribution in [0.2, 0.25) is 0 Å². The largest absolute Gasteiger partial charge is 0.449 e. The second-order valence-electron chi connectivity index (χ2n) is 8.61. The number of alkyl carbamates (subject to hydrolysis) is 1. The normalized spacial score (nSPS) is 16.2. The zero-order valence-electron chi connectivity index (χ0n) is 17.2. The van der Waals surface area contributed by atoms with Crippen molar-refractivity contribution in [3.8, 4) is 11.1 Å². The Labute approximate surface area is 172 Å². The molecule has 1 aliphatic rings. The van der Waals surface area contributed by atoms with Gasteiger partial charge in [-0.05, 0) is 59.9 Å². The smallest absolute Gasteiger partial charge is 0.407 e. The summed E-state index contributed by atoms with van der Waals surface area (Å²) in [5.74, 6) is -0.434. The van der Waals surface area contributed by atoms with Crippen molar-refractivity contribution in [2.75, 3.05) is 6.61 Å². The molecule has 0 saturated heterocycles. The van der Waals surface area contributed by atoms with E-state index >= 15 is 0 Å². The summed E-state index contributed by atoms with van der Waals surface area (Å²) in [6.45, 7) is 4.91. The Bertz CT molecular complexity index is 849. The second kappa shape index (κ2) is 9.12. The van der Waals surface area contributed by atoms with Gasteiger partial charge in [-0.2, -0.15) is 0 Å². The van der Waals surface area contributed by atoms with Crippen molar-refractivity contribution >= 4 is 12.0 Å². The zero-order chi connectivity index (χ0) is 20.9. The van der Waals surface area contributed by atoms with Crippen molar-refractivity contribution in [2.45, 2.75) is 52.0 Å². The first kappa shape index (κ1) is 20.9. The molecule has 0 bridgehead atoms. The molecule has 0 atom stereocenters. The summed E-state index contributed by atoms with van der Waals surface area (Å²) in [6.07, 6.45) is 4.63. The van der Waals surface area contributed by atoms with E-state index in [1.807, 2.05) is 36.4 Å². The highest BCUT2D eigenvalue weighted by Gasteiger charge is 2.27. The highest BCUT2D eigenvalue weighted by molar-refractivity contribution is 5.94. The van der Waals surface area contributed by atoms with Crippen LogP contribution >= 0.6 is 0 Å². The molecule has 5 nitrogen and oxygen atoms in total. The highest BCUT2D eigenvalue weighted by Crippen LogP contribution is 2.35. The van der Waals surface area contributed by atoms with Gasteiger partial charge in [0.05, 0.1) is 6.61 Å². The predicted molar refractivity (Wildman–Crippen MR) is 115 cm³/mol. The summed E-state index contributed by atoms with van der Waals surface area (Å²) >= 11 is 0. The molecule has 29 heavy (non-hydrogen) atoms. The number of hydrogen-bond acceptors (Lipinski definition) is 3. The summed E-state index contributed by atoms with van der Waals surface area (Å²) in [5.41, 5.74) is 9.27. The zero-order valence-corrected chi connectivity index (χ0v) is 17.2. The monoisotopic (exact) mass is 394 g/mol. The van der Waals surface area contributed by atoms with E-state index in [1.54, 1.807) is 12.1 Å². The van der Waals surface area contributed by atoms with Crippen molar-refractivity contribution < 1.29 is 14.3 Å². The lowest BCUT2D eigenvalue weighted by atomic mass is 9.76. The second-order valence-corrected chi connectivity index (χ2v) is 8.61. The van der Waals surface area contributed by atoms with Crippen molar-refractivity contribution in [1.29, 1.82) is 0 Å². The van der Waals surface area contributed by atoms with Crippen LogP contribution in [0, 0.1) is 5.41 Å². The van der Waals surface area contributed by atoms with E-state index in [-0.39, 0.29) is 12.1 Å². The van der Waals surface area contributed by atoms with Gasteiger partial charge >= 0.3 is 6.09 Å². The van der Waals surface area contributed by atoms with Gasteiger partial charge in [0.25, 0.3) is 0 Å². The van der Waals surface area contributed by atoms with Crippen LogP contribution < -0.4 is 11.1 Å². The fourth-order valence-electron chi connectivity index (χ4n) is 3.73. The van der Waals surface area contributed by atoms with Gasteiger partial charge in [0.15, 0.2) is 0 Å². The highest BCUT2D eigenvalue weighted by atomic mass is 16.5. The van der Waals surface area contributed by atoms with Gasteiger partial charge in [-0.25, -0.2) is 4.79 Å². The Morgan fingerprint density at radius 3 is 2.41 bits per heavy atom. The van der Waals surface area contributed by atoms with Crippen LogP contribution in [0.5, 0.6) is 0 Å². The van der Waals surface area contributed by atoms with E-state index in [0.29, 0.717) is 24.0 Å². The summed E-state index contributed by atoms with van der Waals surface area (Å²) in [4.78, 5) is 23.4. The SMILES string of the molecule is CC1(C)CCC(NC(=O)OCCc2ccc(-c3cccc(C(N)=O)c3)cc2)CC1. The molecule has 2 amide bonds. The third-order valence-electron chi connectivity index (χ3n) is 5.72. The molecule has 3 rings (SSSR count). The average molecular weight is 395 g/mol. The van der Waals surface area contributed by atoms with Gasteiger partial charge in [0.1, 0.15) is 0 Å². The summed E-state index contributed by atoms with van der Waals surface area (Å²) in [6, 6.07) is 15.5. The van der Waals surface area contributed by atoms with Crippen LogP contribution in [0.3, 0.4) is 0 Å². The first-order chi connectivity index (χ1) is 13.8. The molecule has 5 heteroatoms. The van der Waals surface area contributed by atoms with Gasteiger partial charge in [-0.15, -0.1) is 0 Å². The molecule has 154 valence electrons. The maximum absolute atomic E-state index is 12.0. The summed E-state index contributed by atoms with van der Waals surface area (Å²) in [7, 11) is 0. The summed E-state index contributed by atoms with van der Waals surface area (Å²) in [5, 5.41) is 2.99. The minimum Gasteiger partial charge on any atom is -0.449 e. The number of benzene rings is 2. The van der Waals surface area contributed by atoms with Crippen molar-refractivity contribution in [3.05, 3.63) is 59.7 Å². The number of amides is 2. The molecule has 1 fully saturated rings. The predicted octanol–water partition coefficient (Wildman–Crippen LogP) is 4.69. The number of carbonyl (C=O) groups is 2. The van der Waals surface area contributed by atoms with Crippen LogP contribution in [0.4, 0.5) is 4.79 Å². The van der Waals surface area contributed by atoms with Gasteiger partial charge in [-0.1, -0.05) is 50.2 Å². The Balaban J connectivity index is 1.45. The van der Waals surface area contributed by atoms with E-state index in [4.69, 9.17) is 10.5 Å². The number of rotatable bonds is 6. The number of nitrogens with two attached hydrogens (primary N) is 1. The van der Waals surface area contributed by atoms with Gasteiger partial charge in [0, 0.05) is 18.0 Å². The number of primary amides is 1. The Hall–Kier alpha value is -2.82. The quantitative estimate of drug-likeness (QED) is 0.746. The van der Waals surface area contributed by atoms with Crippen LogP contribution in [-0.2, 0) is 11.2 Å². The number of carbonyl (C=O) groups excluding carboxylic acids is 2. The standard InChI is InChI=1S/C24H30N2O3/c1-24(2)13-10-21(11-14-24)26-23(28)29-15-12-17-6-8-18(9-7-17)19-4-3-5-20(16-19)22(25)27/h3-9,16,21H,10-15H2,1-2H3,(H2,25,27)(H,26,28). The molecule has 1 saturated carbocycles. The van der Waals surface area contributed by atoms with Crippen molar-refractivity contribution in [2.24, 2.45) is 11.1 Å². The molecular formula is C24H30N2O3. The third kappa shape index (κ3) is 6.08. The fraction of sp³-hybridized carbons (Fsp3) is 0.417. The average Bonchev–Trinajstić information content (AvgIpc) is 2.70. The number of ether oxygens (including phenoxy) is 1. The molecular weight excluding hydrogens is 364 g/mol. The lowest BCUT2D eigenvalue weighted by Crippen LogP contribution is -2.39. The van der Waals surface area contributed by atoms with E-state index in [9.17, 15) is 9.59 Å². The molecule has 0 spiro atoms. The Morgan fingerprint density at radius 1 is 1.07 bits per heavy atom. The Morgan fingerprint density at radius 2 is 1.76 bits per heavy atom. The minimum absolute atomic E-state index is 0.228. The molecule has 2 aromatic rings. The van der Waals surface area contributed by atoms with Crippen LogP contribution in [-0.4, -0.2) is 24.6 Å². The van der Waals surface area contributed by atoms with E-state index in [2.05, 4.69) is 19.2 Å². The first-order valence-electron chi connectivity index (χ1n) is 10.2. The molecule has 0 aliphatic heterocycles. The van der Waals surface area contributed by atoms with Crippen LogP contribution in [0.15, 0.2) is 48.5 Å². The van der Waals surface area contributed by atoms with Crippen LogP contribution in [0.25, 0.3) is 11.1 Å². The van der Waals surface area contributed by atoms with E-state index in [0.717, 1.165) is 42.4 Å². The molecule has 2 aromatic carbocycles. The third-order valence-corrected chi connectivity index (χ3v) is 5.72. The Kier molecular flexibility index (Phi) is 6.57. The van der Waals surface area contributed by atoms with Crippen molar-refractivity contribution in [3.63, 3.8) is 0 Å². The molecule has 3 N–H and O–H groups in total. The van der Waals surface area contributed by atoms with Gasteiger partial charge in [0.2, 0.25) is 5.91 Å². The number of hydrogen-bond donors (Lipinski definition) is 2. The van der Waals surface area contributed by atoms with Crippen molar-refractivity contribution in [1.82, 2.24) is 5.32 Å². The molecule has 1 aliphatic carbocycles. The van der Waals surface area contributed by atoms with Crippen LogP contribution in [0.1, 0.15) is 55.5 Å². The minimum atomic E-state index is -0.434. The molecule has 0 unspecified atom stereocenters. The lowest BCUT2D eigenvalue weighted by Gasteiger charge is -2.34. The topological polar surface area (TPSA) is 81.4 Å². The molecule has 0 radical (unpaired) electrons. The van der Waals surface area contributed by atoms with E-state index in [1.165, 1.54) is 0 Å². The van der Waals surface area contributed by atoms with Gasteiger partial charge in [-0.3, -0.25) is 4.79 Å². The number of nitrogens with one attached hydrogen (secondary N) is 1. The first-order valence-corrected chi connectivity index (χ1v) is 10.2. The molecule has 0 aromatic heterocycles. The maximum Gasteiger partial charge on any atom is 0.407 e. The fourth-order valence-corrected chi connectivity index (χ4v) is 3.73.